The fraction of sp³-hybridized carbons (Fsp3) is 0.875. The van der Waals surface area contributed by atoms with Gasteiger partial charge in [0.2, 0.25) is 0 Å². The molecule has 0 radical (unpaired) electrons. The molecule has 0 amide bonds. The van der Waals surface area contributed by atoms with Gasteiger partial charge in [-0.05, 0) is 25.1 Å². The minimum atomic E-state index is -1.79. The standard InChI is InChI=1S/C16H34O3Si/c1-11(2)14(17)13(4)15(18)12(3)10-19-20(8,9)16(5,6)7/h12-15,17-18H,1,10H2,2-9H3/t12-,13-,14-,15-/m1/s1. The molecule has 0 unspecified atom stereocenters. The van der Waals surface area contributed by atoms with Crippen molar-refractivity contribution in [2.45, 2.75) is 71.9 Å². The maximum atomic E-state index is 10.3. The number of aliphatic hydroxyl groups excluding tert-OH is 2. The molecule has 0 aliphatic rings. The minimum Gasteiger partial charge on any atom is -0.416 e. The highest BCUT2D eigenvalue weighted by atomic mass is 28.4. The molecule has 0 saturated carbocycles. The molecular weight excluding hydrogens is 268 g/mol. The second kappa shape index (κ2) is 7.21. The first-order valence-electron chi connectivity index (χ1n) is 7.46. The van der Waals surface area contributed by atoms with Crippen molar-refractivity contribution in [1.82, 2.24) is 0 Å². The van der Waals surface area contributed by atoms with Gasteiger partial charge >= 0.3 is 0 Å². The molecule has 0 bridgehead atoms. The zero-order valence-corrected chi connectivity index (χ0v) is 15.5. The number of hydrogen-bond donors (Lipinski definition) is 2. The maximum absolute atomic E-state index is 10.3. The monoisotopic (exact) mass is 302 g/mol. The summed E-state index contributed by atoms with van der Waals surface area (Å²) in [6.45, 7) is 20.9. The van der Waals surface area contributed by atoms with Gasteiger partial charge in [0, 0.05) is 18.4 Å². The Bertz CT molecular complexity index is 320. The molecule has 0 saturated heterocycles. The summed E-state index contributed by atoms with van der Waals surface area (Å²) in [4.78, 5) is 0. The van der Waals surface area contributed by atoms with Gasteiger partial charge in [-0.2, -0.15) is 0 Å². The molecule has 0 aromatic carbocycles. The lowest BCUT2D eigenvalue weighted by molar-refractivity contribution is -0.00574. The Morgan fingerprint density at radius 2 is 1.65 bits per heavy atom. The predicted molar refractivity (Wildman–Crippen MR) is 88.3 cm³/mol. The van der Waals surface area contributed by atoms with Crippen molar-refractivity contribution < 1.29 is 14.6 Å². The fourth-order valence-electron chi connectivity index (χ4n) is 1.81. The number of aliphatic hydroxyl groups is 2. The van der Waals surface area contributed by atoms with Crippen LogP contribution in [0.5, 0.6) is 0 Å². The molecule has 3 nitrogen and oxygen atoms in total. The van der Waals surface area contributed by atoms with E-state index >= 15 is 0 Å². The summed E-state index contributed by atoms with van der Waals surface area (Å²) in [6.07, 6.45) is -1.26. The van der Waals surface area contributed by atoms with Crippen LogP contribution in [0.25, 0.3) is 0 Å². The Morgan fingerprint density at radius 1 is 1.20 bits per heavy atom. The van der Waals surface area contributed by atoms with E-state index in [1.54, 1.807) is 6.92 Å². The van der Waals surface area contributed by atoms with E-state index < -0.39 is 20.5 Å². The summed E-state index contributed by atoms with van der Waals surface area (Å²) in [6, 6.07) is 0. The van der Waals surface area contributed by atoms with Crippen molar-refractivity contribution in [3.8, 4) is 0 Å². The zero-order valence-electron chi connectivity index (χ0n) is 14.5. The highest BCUT2D eigenvalue weighted by molar-refractivity contribution is 6.74. The molecule has 0 aliphatic heterocycles. The summed E-state index contributed by atoms with van der Waals surface area (Å²) < 4.78 is 6.14. The van der Waals surface area contributed by atoms with Gasteiger partial charge in [-0.25, -0.2) is 0 Å². The normalized spacial score (nSPS) is 19.3. The molecular formula is C16H34O3Si. The highest BCUT2D eigenvalue weighted by Gasteiger charge is 2.38. The summed E-state index contributed by atoms with van der Waals surface area (Å²) in [5.41, 5.74) is 0.689. The van der Waals surface area contributed by atoms with Gasteiger partial charge in [-0.3, -0.25) is 0 Å². The molecule has 0 aliphatic carbocycles. The van der Waals surface area contributed by atoms with Crippen molar-refractivity contribution in [3.05, 3.63) is 12.2 Å². The Kier molecular flexibility index (Phi) is 7.15. The van der Waals surface area contributed by atoms with E-state index in [4.69, 9.17) is 4.43 Å². The quantitative estimate of drug-likeness (QED) is 0.558. The number of hydrogen-bond acceptors (Lipinski definition) is 3. The minimum absolute atomic E-state index is 0.00637. The highest BCUT2D eigenvalue weighted by Crippen LogP contribution is 2.37. The molecule has 20 heavy (non-hydrogen) atoms. The summed E-state index contributed by atoms with van der Waals surface area (Å²) in [5.74, 6) is -0.237. The van der Waals surface area contributed by atoms with Crippen LogP contribution in [0.3, 0.4) is 0 Å². The van der Waals surface area contributed by atoms with E-state index in [0.29, 0.717) is 12.2 Å². The van der Waals surface area contributed by atoms with Gasteiger partial charge < -0.3 is 14.6 Å². The SMILES string of the molecule is C=C(C)[C@@H](O)[C@@H](C)[C@H](O)[C@H](C)CO[Si](C)(C)C(C)(C)C. The Balaban J connectivity index is 4.55. The van der Waals surface area contributed by atoms with Crippen LogP contribution >= 0.6 is 0 Å². The van der Waals surface area contributed by atoms with Crippen molar-refractivity contribution in [1.29, 1.82) is 0 Å². The topological polar surface area (TPSA) is 49.7 Å². The molecule has 0 heterocycles. The Labute approximate surface area is 126 Å². The van der Waals surface area contributed by atoms with Gasteiger partial charge in [-0.15, -0.1) is 0 Å². The molecule has 0 aromatic rings. The van der Waals surface area contributed by atoms with Crippen LogP contribution in [-0.4, -0.2) is 37.3 Å². The third-order valence-corrected chi connectivity index (χ3v) is 9.14. The third kappa shape index (κ3) is 5.32. The molecule has 0 rings (SSSR count). The van der Waals surface area contributed by atoms with E-state index in [9.17, 15) is 10.2 Å². The lowest BCUT2D eigenvalue weighted by Crippen LogP contribution is -2.44. The fourth-order valence-corrected chi connectivity index (χ4v) is 2.92. The Hall–Kier alpha value is -0.163. The van der Waals surface area contributed by atoms with Crippen molar-refractivity contribution in [2.75, 3.05) is 6.61 Å². The van der Waals surface area contributed by atoms with E-state index in [2.05, 4.69) is 40.4 Å². The first-order chi connectivity index (χ1) is 8.81. The smallest absolute Gasteiger partial charge is 0.191 e. The van der Waals surface area contributed by atoms with Gasteiger partial charge in [0.1, 0.15) is 0 Å². The van der Waals surface area contributed by atoms with Crippen molar-refractivity contribution in [2.24, 2.45) is 11.8 Å². The molecule has 120 valence electrons. The maximum Gasteiger partial charge on any atom is 0.191 e. The second-order valence-corrected chi connectivity index (χ2v) is 12.5. The second-order valence-electron chi connectivity index (χ2n) is 7.69. The van der Waals surface area contributed by atoms with Gasteiger partial charge in [0.15, 0.2) is 8.32 Å². The van der Waals surface area contributed by atoms with Crippen LogP contribution in [0.4, 0.5) is 0 Å². The van der Waals surface area contributed by atoms with Crippen LogP contribution in [0.2, 0.25) is 18.1 Å². The van der Waals surface area contributed by atoms with Crippen LogP contribution in [0.15, 0.2) is 12.2 Å². The molecule has 0 aromatic heterocycles. The zero-order chi connectivity index (χ0) is 16.3. The molecule has 0 fully saturated rings. The Morgan fingerprint density at radius 3 is 2.00 bits per heavy atom. The lowest BCUT2D eigenvalue weighted by Gasteiger charge is -2.38. The van der Waals surface area contributed by atoms with Gasteiger partial charge in [0.05, 0.1) is 12.2 Å². The summed E-state index contributed by atoms with van der Waals surface area (Å²) in [7, 11) is -1.79. The molecule has 0 spiro atoms. The molecule has 4 atom stereocenters. The lowest BCUT2D eigenvalue weighted by atomic mass is 9.87. The van der Waals surface area contributed by atoms with Crippen LogP contribution in [0.1, 0.15) is 41.5 Å². The largest absolute Gasteiger partial charge is 0.416 e. The first-order valence-corrected chi connectivity index (χ1v) is 10.4. The van der Waals surface area contributed by atoms with Crippen LogP contribution < -0.4 is 0 Å². The molecule has 4 heteroatoms. The van der Waals surface area contributed by atoms with E-state index in [1.807, 2.05) is 13.8 Å². The average Bonchev–Trinajstić information content (AvgIpc) is 2.31. The number of rotatable bonds is 7. The van der Waals surface area contributed by atoms with Gasteiger partial charge in [-0.1, -0.05) is 46.8 Å². The first kappa shape index (κ1) is 19.8. The van der Waals surface area contributed by atoms with Crippen LogP contribution in [-0.2, 0) is 4.43 Å². The van der Waals surface area contributed by atoms with E-state index in [0.717, 1.165) is 0 Å². The average molecular weight is 303 g/mol. The summed E-state index contributed by atoms with van der Waals surface area (Å²) >= 11 is 0. The van der Waals surface area contributed by atoms with E-state index in [-0.39, 0.29) is 16.9 Å². The summed E-state index contributed by atoms with van der Waals surface area (Å²) in [5, 5.41) is 20.5. The van der Waals surface area contributed by atoms with Crippen molar-refractivity contribution in [3.63, 3.8) is 0 Å². The third-order valence-electron chi connectivity index (χ3n) is 4.64. The van der Waals surface area contributed by atoms with E-state index in [1.165, 1.54) is 0 Å². The van der Waals surface area contributed by atoms with Crippen molar-refractivity contribution >= 4 is 8.32 Å². The predicted octanol–water partition coefficient (Wildman–Crippen LogP) is 3.58. The van der Waals surface area contributed by atoms with Crippen LogP contribution in [0, 0.1) is 11.8 Å². The molecule has 2 N–H and O–H groups in total. The van der Waals surface area contributed by atoms with Gasteiger partial charge in [0.25, 0.3) is 0 Å².